The van der Waals surface area contributed by atoms with E-state index in [-0.39, 0.29) is 36.9 Å². The highest BCUT2D eigenvalue weighted by Gasteiger charge is 2.77. The number of nitrogens with one attached hydrogen (secondary N) is 2. The number of hydrogen-bond acceptors (Lipinski definition) is 8. The fourth-order valence-corrected chi connectivity index (χ4v) is 9.93. The molecule has 11 nitrogen and oxygen atoms in total. The van der Waals surface area contributed by atoms with Crippen molar-refractivity contribution >= 4 is 46.2 Å². The second-order valence-corrected chi connectivity index (χ2v) is 14.6. The summed E-state index contributed by atoms with van der Waals surface area (Å²) in [5.41, 5.74) is 2.12. The van der Waals surface area contributed by atoms with Crippen LogP contribution in [0.25, 0.3) is 11.0 Å². The van der Waals surface area contributed by atoms with Crippen LogP contribution in [0.5, 0.6) is 5.75 Å². The summed E-state index contributed by atoms with van der Waals surface area (Å²) >= 11 is 1.60. The van der Waals surface area contributed by atoms with E-state index in [1.54, 1.807) is 45.6 Å². The maximum atomic E-state index is 14.5. The zero-order valence-electron chi connectivity index (χ0n) is 25.5. The van der Waals surface area contributed by atoms with Crippen LogP contribution in [0.2, 0.25) is 0 Å². The number of para-hydroxylation sites is 1. The number of ether oxygens (including phenoxy) is 1. The van der Waals surface area contributed by atoms with Crippen LogP contribution in [0.4, 0.5) is 5.69 Å². The molecule has 3 aromatic rings. The first kappa shape index (κ1) is 30.4. The van der Waals surface area contributed by atoms with E-state index in [2.05, 4.69) is 20.9 Å². The smallest absolute Gasteiger partial charge is 0.245 e. The van der Waals surface area contributed by atoms with Crippen molar-refractivity contribution in [3.8, 4) is 5.75 Å². The number of nitrogens with zero attached hydrogens (tertiary/aromatic N) is 4. The molecule has 2 bridgehead atoms. The highest BCUT2D eigenvalue weighted by molar-refractivity contribution is 8.02. The average molecular weight is 621 g/mol. The monoisotopic (exact) mass is 620 g/mol. The van der Waals surface area contributed by atoms with Crippen molar-refractivity contribution in [1.29, 1.82) is 0 Å². The normalized spacial score (nSPS) is 28.0. The van der Waals surface area contributed by atoms with Gasteiger partial charge in [0.25, 0.3) is 0 Å². The van der Waals surface area contributed by atoms with Gasteiger partial charge in [-0.25, -0.2) is 4.68 Å². The van der Waals surface area contributed by atoms with Crippen LogP contribution >= 0.6 is 11.8 Å². The van der Waals surface area contributed by atoms with Crippen LogP contribution in [-0.2, 0) is 21.1 Å². The third kappa shape index (κ3) is 5.01. The zero-order valence-corrected chi connectivity index (χ0v) is 26.3. The van der Waals surface area contributed by atoms with E-state index in [0.29, 0.717) is 37.3 Å². The number of fused-ring (bicyclic) bond motifs is 2. The fraction of sp³-hybridized carbons (Fsp3) is 0.531. The summed E-state index contributed by atoms with van der Waals surface area (Å²) in [6.45, 7) is 8.36. The highest BCUT2D eigenvalue weighted by atomic mass is 32.2. The van der Waals surface area contributed by atoms with E-state index in [0.717, 1.165) is 11.0 Å². The Kier molecular flexibility index (Phi) is 8.08. The number of carbonyl (C=O) groups excluding carboxylic acids is 3. The van der Waals surface area contributed by atoms with E-state index in [4.69, 9.17) is 4.74 Å². The lowest BCUT2D eigenvalue weighted by atomic mass is 9.66. The van der Waals surface area contributed by atoms with Crippen molar-refractivity contribution in [2.75, 3.05) is 18.5 Å². The first-order chi connectivity index (χ1) is 21.1. The SMILES string of the molecule is CCOc1ccc(NC(=O)[C@H]2[C@H]3C(=O)N([C@@H](CO)CC(C)C)C(C(=O)NCn4nnc5ccccc54)C34CC[C@]2(C)S4)cc1. The number of aromatic nitrogens is 3. The second kappa shape index (κ2) is 11.7. The zero-order chi connectivity index (χ0) is 31.2. The molecule has 1 spiro atoms. The molecule has 12 heteroatoms. The summed E-state index contributed by atoms with van der Waals surface area (Å²) in [5.74, 6) is -1.23. The van der Waals surface area contributed by atoms with Gasteiger partial charge in [0.2, 0.25) is 17.7 Å². The molecule has 234 valence electrons. The van der Waals surface area contributed by atoms with Gasteiger partial charge < -0.3 is 25.4 Å². The Labute approximate surface area is 261 Å². The summed E-state index contributed by atoms with van der Waals surface area (Å²) < 4.78 is 5.83. The molecule has 3 saturated heterocycles. The van der Waals surface area contributed by atoms with Gasteiger partial charge in [0.1, 0.15) is 24.0 Å². The molecule has 3 N–H and O–H groups in total. The van der Waals surface area contributed by atoms with Gasteiger partial charge in [-0.2, -0.15) is 0 Å². The molecule has 6 rings (SSSR count). The minimum atomic E-state index is -0.846. The van der Waals surface area contributed by atoms with Gasteiger partial charge in [0, 0.05) is 10.4 Å². The summed E-state index contributed by atoms with van der Waals surface area (Å²) in [4.78, 5) is 44.4. The standard InChI is InChI=1S/C32H40N6O5S/c1-5-43-22-12-10-20(11-13-22)34-28(40)25-26-30(42)38(21(17-39)16-19(2)3)27(32(26)15-14-31(25,4)44-32)29(41)33-18-37-24-9-7-6-8-23(24)35-36-37/h6-13,19,21,25-27,39H,5,14-18H2,1-4H3,(H,33,41)(H,34,40)/t21-,25-,26+,27?,31+,32?/m1/s1. The fourth-order valence-electron chi connectivity index (χ4n) is 7.58. The molecule has 3 aliphatic rings. The molecule has 6 atom stereocenters. The van der Waals surface area contributed by atoms with E-state index in [1.807, 2.05) is 52.0 Å². The van der Waals surface area contributed by atoms with Crippen molar-refractivity contribution in [3.05, 3.63) is 48.5 Å². The van der Waals surface area contributed by atoms with Crippen molar-refractivity contribution in [2.24, 2.45) is 17.8 Å². The maximum absolute atomic E-state index is 14.5. The number of anilines is 1. The molecule has 0 radical (unpaired) electrons. The summed E-state index contributed by atoms with van der Waals surface area (Å²) in [7, 11) is 0. The third-order valence-electron chi connectivity index (χ3n) is 9.35. The Morgan fingerprint density at radius 2 is 1.89 bits per heavy atom. The number of thioether (sulfide) groups is 1. The lowest BCUT2D eigenvalue weighted by molar-refractivity contribution is -0.143. The minimum Gasteiger partial charge on any atom is -0.494 e. The van der Waals surface area contributed by atoms with Crippen LogP contribution in [0.15, 0.2) is 48.5 Å². The van der Waals surface area contributed by atoms with Crippen LogP contribution in [0.1, 0.15) is 47.0 Å². The second-order valence-electron chi connectivity index (χ2n) is 12.7. The number of aliphatic hydroxyl groups is 1. The van der Waals surface area contributed by atoms with Gasteiger partial charge in [0.15, 0.2) is 0 Å². The molecule has 2 unspecified atom stereocenters. The van der Waals surface area contributed by atoms with Gasteiger partial charge in [0.05, 0.1) is 41.4 Å². The predicted octanol–water partition coefficient (Wildman–Crippen LogP) is 3.43. The number of carbonyl (C=O) groups is 3. The Balaban J connectivity index is 1.32. The number of hydrogen-bond donors (Lipinski definition) is 3. The van der Waals surface area contributed by atoms with Gasteiger partial charge in [-0.1, -0.05) is 31.2 Å². The molecule has 44 heavy (non-hydrogen) atoms. The van der Waals surface area contributed by atoms with Crippen molar-refractivity contribution in [3.63, 3.8) is 0 Å². The number of rotatable bonds is 11. The largest absolute Gasteiger partial charge is 0.494 e. The topological polar surface area (TPSA) is 139 Å². The molecular weight excluding hydrogens is 580 g/mol. The number of amides is 3. The van der Waals surface area contributed by atoms with Gasteiger partial charge >= 0.3 is 0 Å². The number of benzene rings is 2. The Hall–Kier alpha value is -3.64. The molecular formula is C32H40N6O5S. The first-order valence-electron chi connectivity index (χ1n) is 15.3. The van der Waals surface area contributed by atoms with E-state index >= 15 is 0 Å². The van der Waals surface area contributed by atoms with Gasteiger partial charge in [-0.15, -0.1) is 16.9 Å². The van der Waals surface area contributed by atoms with Crippen molar-refractivity contribution in [1.82, 2.24) is 25.2 Å². The molecule has 4 heterocycles. The Morgan fingerprint density at radius 3 is 2.59 bits per heavy atom. The lowest BCUT2D eigenvalue weighted by Gasteiger charge is -2.37. The molecule has 0 saturated carbocycles. The number of aliphatic hydroxyl groups excluding tert-OH is 1. The van der Waals surface area contributed by atoms with Crippen molar-refractivity contribution in [2.45, 2.75) is 75.2 Å². The number of likely N-dealkylation sites (tertiary alicyclic amines) is 1. The van der Waals surface area contributed by atoms with E-state index in [1.165, 1.54) is 0 Å². The molecule has 0 aliphatic carbocycles. The van der Waals surface area contributed by atoms with E-state index < -0.39 is 33.4 Å². The molecule has 3 aliphatic heterocycles. The summed E-state index contributed by atoms with van der Waals surface area (Å²) in [6, 6.07) is 13.3. The highest BCUT2D eigenvalue weighted by Crippen LogP contribution is 2.71. The Morgan fingerprint density at radius 1 is 1.14 bits per heavy atom. The quantitative estimate of drug-likeness (QED) is 0.297. The van der Waals surface area contributed by atoms with Crippen LogP contribution < -0.4 is 15.4 Å². The minimum absolute atomic E-state index is 0.0795. The van der Waals surface area contributed by atoms with Gasteiger partial charge in [-0.05, 0) is 75.4 Å². The first-order valence-corrected chi connectivity index (χ1v) is 16.2. The molecule has 2 aromatic carbocycles. The van der Waals surface area contributed by atoms with E-state index in [9.17, 15) is 19.5 Å². The van der Waals surface area contributed by atoms with Crippen LogP contribution in [-0.4, -0.2) is 77.5 Å². The molecule has 3 fully saturated rings. The Bertz CT molecular complexity index is 1560. The van der Waals surface area contributed by atoms with Crippen molar-refractivity contribution < 1.29 is 24.2 Å². The third-order valence-corrected chi connectivity index (χ3v) is 11.3. The molecule has 3 amide bonds. The molecule has 1 aromatic heterocycles. The van der Waals surface area contributed by atoms with Crippen LogP contribution in [0, 0.1) is 17.8 Å². The van der Waals surface area contributed by atoms with Gasteiger partial charge in [-0.3, -0.25) is 14.4 Å². The summed E-state index contributed by atoms with van der Waals surface area (Å²) in [5, 5.41) is 25.0. The van der Waals surface area contributed by atoms with Crippen LogP contribution in [0.3, 0.4) is 0 Å². The maximum Gasteiger partial charge on any atom is 0.245 e. The predicted molar refractivity (Wildman–Crippen MR) is 168 cm³/mol. The average Bonchev–Trinajstić information content (AvgIpc) is 3.71. The lowest BCUT2D eigenvalue weighted by Crippen LogP contribution is -2.56. The summed E-state index contributed by atoms with van der Waals surface area (Å²) in [6.07, 6.45) is 1.85.